The van der Waals surface area contributed by atoms with Crippen molar-refractivity contribution in [3.05, 3.63) is 53.6 Å². The normalized spacial score (nSPS) is 11.4. The number of carbonyl (C=O) groups is 1. The molecule has 8 heteroatoms. The van der Waals surface area contributed by atoms with Crippen molar-refractivity contribution in [1.82, 2.24) is 9.71 Å². The van der Waals surface area contributed by atoms with Gasteiger partial charge in [0.2, 0.25) is 0 Å². The van der Waals surface area contributed by atoms with Crippen LogP contribution >= 0.6 is 11.3 Å². The fourth-order valence-electron chi connectivity index (χ4n) is 2.11. The van der Waals surface area contributed by atoms with Crippen molar-refractivity contribution >= 4 is 42.7 Å². The van der Waals surface area contributed by atoms with Gasteiger partial charge in [0.15, 0.2) is 5.13 Å². The molecular weight excluding hydrogens is 346 g/mol. The van der Waals surface area contributed by atoms with Gasteiger partial charge >= 0.3 is 6.03 Å². The summed E-state index contributed by atoms with van der Waals surface area (Å²) in [6, 6.07) is 11.1. The minimum atomic E-state index is -3.92. The Morgan fingerprint density at radius 1 is 1.04 bits per heavy atom. The van der Waals surface area contributed by atoms with E-state index in [0.29, 0.717) is 5.13 Å². The van der Waals surface area contributed by atoms with Gasteiger partial charge in [-0.2, -0.15) is 0 Å². The Morgan fingerprint density at radius 3 is 2.42 bits per heavy atom. The summed E-state index contributed by atoms with van der Waals surface area (Å²) >= 11 is 1.29. The number of anilines is 1. The van der Waals surface area contributed by atoms with Gasteiger partial charge in [-0.3, -0.25) is 5.32 Å². The molecule has 0 atom stereocenters. The molecular formula is C16H15N3O3S2. The van der Waals surface area contributed by atoms with Crippen LogP contribution in [-0.4, -0.2) is 19.4 Å². The number of amides is 2. The largest absolute Gasteiger partial charge is 0.334 e. The number of aryl methyl sites for hydroxylation is 2. The topological polar surface area (TPSA) is 88.2 Å². The predicted octanol–water partition coefficient (Wildman–Crippen LogP) is 3.42. The van der Waals surface area contributed by atoms with E-state index in [0.717, 1.165) is 21.3 Å². The summed E-state index contributed by atoms with van der Waals surface area (Å²) in [5.41, 5.74) is 2.77. The first-order valence-electron chi connectivity index (χ1n) is 7.11. The molecule has 0 fully saturated rings. The smallest absolute Gasteiger partial charge is 0.283 e. The highest BCUT2D eigenvalue weighted by Crippen LogP contribution is 2.26. The number of nitrogens with zero attached hydrogens (tertiary/aromatic N) is 1. The van der Waals surface area contributed by atoms with Crippen molar-refractivity contribution in [2.75, 3.05) is 5.32 Å². The zero-order valence-corrected chi connectivity index (χ0v) is 14.7. The molecule has 0 aliphatic carbocycles. The van der Waals surface area contributed by atoms with Gasteiger partial charge in [0.25, 0.3) is 10.0 Å². The lowest BCUT2D eigenvalue weighted by Gasteiger charge is -2.07. The number of sulfonamides is 1. The maximum atomic E-state index is 12.2. The molecule has 24 heavy (non-hydrogen) atoms. The number of benzene rings is 2. The quantitative estimate of drug-likeness (QED) is 0.748. The molecule has 2 aromatic carbocycles. The maximum absolute atomic E-state index is 12.2. The minimum absolute atomic E-state index is 0.0307. The van der Waals surface area contributed by atoms with Crippen LogP contribution in [0.4, 0.5) is 9.93 Å². The van der Waals surface area contributed by atoms with Gasteiger partial charge in [0, 0.05) is 0 Å². The molecule has 0 saturated heterocycles. The average Bonchev–Trinajstić information content (AvgIpc) is 2.88. The molecule has 2 amide bonds. The first kappa shape index (κ1) is 16.4. The summed E-state index contributed by atoms with van der Waals surface area (Å²) in [6.07, 6.45) is 0. The molecule has 0 unspecified atom stereocenters. The van der Waals surface area contributed by atoms with E-state index in [4.69, 9.17) is 0 Å². The molecule has 0 saturated carbocycles. The van der Waals surface area contributed by atoms with Crippen LogP contribution in [0.2, 0.25) is 0 Å². The van der Waals surface area contributed by atoms with Crippen molar-refractivity contribution in [3.63, 3.8) is 0 Å². The molecule has 3 rings (SSSR count). The molecule has 0 aliphatic rings. The fourth-order valence-corrected chi connectivity index (χ4v) is 3.97. The molecule has 1 aromatic heterocycles. The summed E-state index contributed by atoms with van der Waals surface area (Å²) in [4.78, 5) is 16.3. The van der Waals surface area contributed by atoms with E-state index in [1.165, 1.54) is 23.5 Å². The summed E-state index contributed by atoms with van der Waals surface area (Å²) in [5.74, 6) is 0. The maximum Gasteiger partial charge on any atom is 0.334 e. The van der Waals surface area contributed by atoms with Crippen molar-refractivity contribution in [1.29, 1.82) is 0 Å². The van der Waals surface area contributed by atoms with Crippen LogP contribution < -0.4 is 10.0 Å². The number of aromatic nitrogens is 1. The third kappa shape index (κ3) is 3.55. The zero-order chi connectivity index (χ0) is 17.3. The van der Waals surface area contributed by atoms with E-state index in [1.54, 1.807) is 12.1 Å². The Morgan fingerprint density at radius 2 is 1.71 bits per heavy atom. The molecule has 0 spiro atoms. The molecule has 2 N–H and O–H groups in total. The monoisotopic (exact) mass is 361 g/mol. The third-order valence-electron chi connectivity index (χ3n) is 3.32. The highest BCUT2D eigenvalue weighted by atomic mass is 32.2. The number of urea groups is 1. The SMILES string of the molecule is Cc1ccc(S(=O)(=O)NC(=O)Nc2nc3ccc(C)cc3s2)cc1. The minimum Gasteiger partial charge on any atom is -0.283 e. The number of hydrogen-bond acceptors (Lipinski definition) is 5. The lowest BCUT2D eigenvalue weighted by Crippen LogP contribution is -2.34. The van der Waals surface area contributed by atoms with Crippen LogP contribution in [0.3, 0.4) is 0 Å². The lowest BCUT2D eigenvalue weighted by molar-refractivity contribution is 0.256. The molecule has 1 heterocycles. The van der Waals surface area contributed by atoms with Crippen LogP contribution in [-0.2, 0) is 10.0 Å². The number of carbonyl (C=O) groups excluding carboxylic acids is 1. The van der Waals surface area contributed by atoms with Crippen molar-refractivity contribution in [3.8, 4) is 0 Å². The Kier molecular flexibility index (Phi) is 4.25. The van der Waals surface area contributed by atoms with Crippen molar-refractivity contribution in [2.24, 2.45) is 0 Å². The van der Waals surface area contributed by atoms with Crippen LogP contribution in [0.5, 0.6) is 0 Å². The second kappa shape index (κ2) is 6.21. The van der Waals surface area contributed by atoms with Crippen LogP contribution in [0.15, 0.2) is 47.4 Å². The Labute approximate surface area is 143 Å². The van der Waals surface area contributed by atoms with Gasteiger partial charge in [-0.25, -0.2) is 22.9 Å². The van der Waals surface area contributed by atoms with E-state index in [9.17, 15) is 13.2 Å². The molecule has 124 valence electrons. The Balaban J connectivity index is 1.75. The number of nitrogens with one attached hydrogen (secondary N) is 2. The summed E-state index contributed by atoms with van der Waals surface area (Å²) in [7, 11) is -3.92. The standard InChI is InChI=1S/C16H15N3O3S2/c1-10-3-6-12(7-4-10)24(21,22)19-15(20)18-16-17-13-8-5-11(2)9-14(13)23-16/h3-9H,1-2H3,(H2,17,18,19,20). The van der Waals surface area contributed by atoms with Gasteiger partial charge in [-0.05, 0) is 43.7 Å². The summed E-state index contributed by atoms with van der Waals surface area (Å²) in [6.45, 7) is 3.82. The Bertz CT molecular complexity index is 1010. The van der Waals surface area contributed by atoms with Crippen LogP contribution in [0, 0.1) is 13.8 Å². The second-order valence-electron chi connectivity index (χ2n) is 5.36. The number of fused-ring (bicyclic) bond motifs is 1. The molecule has 3 aromatic rings. The molecule has 0 aliphatic heterocycles. The third-order valence-corrected chi connectivity index (χ3v) is 5.60. The van der Waals surface area contributed by atoms with Gasteiger partial charge in [0.1, 0.15) is 0 Å². The van der Waals surface area contributed by atoms with E-state index in [-0.39, 0.29) is 4.90 Å². The lowest BCUT2D eigenvalue weighted by atomic mass is 10.2. The second-order valence-corrected chi connectivity index (χ2v) is 8.08. The van der Waals surface area contributed by atoms with Gasteiger partial charge in [-0.1, -0.05) is 35.1 Å². The first-order valence-corrected chi connectivity index (χ1v) is 9.41. The number of thiazole rings is 1. The zero-order valence-electron chi connectivity index (χ0n) is 13.0. The van der Waals surface area contributed by atoms with E-state index in [1.807, 2.05) is 36.8 Å². The van der Waals surface area contributed by atoms with Gasteiger partial charge < -0.3 is 0 Å². The van der Waals surface area contributed by atoms with Gasteiger partial charge in [0.05, 0.1) is 15.1 Å². The molecule has 0 radical (unpaired) electrons. The van der Waals surface area contributed by atoms with Gasteiger partial charge in [-0.15, -0.1) is 0 Å². The van der Waals surface area contributed by atoms with Crippen LogP contribution in [0.25, 0.3) is 10.2 Å². The summed E-state index contributed by atoms with van der Waals surface area (Å²) < 4.78 is 27.3. The highest BCUT2D eigenvalue weighted by molar-refractivity contribution is 7.90. The number of hydrogen-bond donors (Lipinski definition) is 2. The molecule has 0 bridgehead atoms. The predicted molar refractivity (Wildman–Crippen MR) is 94.9 cm³/mol. The summed E-state index contributed by atoms with van der Waals surface area (Å²) in [5, 5.41) is 2.81. The van der Waals surface area contributed by atoms with Crippen LogP contribution in [0.1, 0.15) is 11.1 Å². The Hall–Kier alpha value is -2.45. The van der Waals surface area contributed by atoms with Crippen molar-refractivity contribution < 1.29 is 13.2 Å². The number of rotatable bonds is 3. The molecule has 6 nitrogen and oxygen atoms in total. The van der Waals surface area contributed by atoms with E-state index in [2.05, 4.69) is 10.3 Å². The average molecular weight is 361 g/mol. The van der Waals surface area contributed by atoms with E-state index < -0.39 is 16.1 Å². The highest BCUT2D eigenvalue weighted by Gasteiger charge is 2.18. The fraction of sp³-hybridized carbons (Fsp3) is 0.125. The van der Waals surface area contributed by atoms with Crippen molar-refractivity contribution in [2.45, 2.75) is 18.7 Å². The first-order chi connectivity index (χ1) is 11.3. The van der Waals surface area contributed by atoms with E-state index >= 15 is 0 Å².